The van der Waals surface area contributed by atoms with Gasteiger partial charge in [0.2, 0.25) is 5.91 Å². The Labute approximate surface area is 166 Å². The Bertz CT molecular complexity index is 740. The molecule has 2 aromatic carbocycles. The van der Waals surface area contributed by atoms with Gasteiger partial charge in [0.1, 0.15) is 18.2 Å². The van der Waals surface area contributed by atoms with Gasteiger partial charge in [0.15, 0.2) is 0 Å². The fourth-order valence-electron chi connectivity index (χ4n) is 3.50. The van der Waals surface area contributed by atoms with Crippen molar-refractivity contribution >= 4 is 5.91 Å². The molecule has 0 bridgehead atoms. The zero-order valence-corrected chi connectivity index (χ0v) is 16.4. The van der Waals surface area contributed by atoms with Gasteiger partial charge in [-0.15, -0.1) is 0 Å². The Balaban J connectivity index is 1.42. The molecule has 28 heavy (non-hydrogen) atoms. The first-order valence-electron chi connectivity index (χ1n) is 10.1. The molecule has 0 aromatic heterocycles. The van der Waals surface area contributed by atoms with Gasteiger partial charge in [-0.3, -0.25) is 4.79 Å². The Kier molecular flexibility index (Phi) is 7.43. The van der Waals surface area contributed by atoms with Gasteiger partial charge in [0.25, 0.3) is 0 Å². The SMILES string of the molecule is CC(NC(=O)CCC1CCNCC1)c1ccc(OCc2ccc(F)cc2)cc1. The minimum atomic E-state index is -0.250. The molecular formula is C23H29FN2O2. The summed E-state index contributed by atoms with van der Waals surface area (Å²) in [6.45, 7) is 4.52. The lowest BCUT2D eigenvalue weighted by atomic mass is 9.93. The lowest BCUT2D eigenvalue weighted by Gasteiger charge is -2.22. The van der Waals surface area contributed by atoms with Gasteiger partial charge in [0.05, 0.1) is 6.04 Å². The molecule has 0 spiro atoms. The number of piperidine rings is 1. The third-order valence-electron chi connectivity index (χ3n) is 5.31. The van der Waals surface area contributed by atoms with Crippen LogP contribution in [0.4, 0.5) is 4.39 Å². The standard InChI is InChI=1S/C23H29FN2O2/c1-17(26-23(27)11-4-18-12-14-25-15-13-18)20-5-9-22(10-6-20)28-16-19-2-7-21(24)8-3-19/h2-3,5-10,17-18,25H,4,11-16H2,1H3,(H,26,27). The van der Waals surface area contributed by atoms with Crippen LogP contribution >= 0.6 is 0 Å². The third-order valence-corrected chi connectivity index (χ3v) is 5.31. The van der Waals surface area contributed by atoms with Crippen molar-refractivity contribution in [1.29, 1.82) is 0 Å². The van der Waals surface area contributed by atoms with Crippen molar-refractivity contribution in [2.45, 2.75) is 45.3 Å². The van der Waals surface area contributed by atoms with Crippen LogP contribution < -0.4 is 15.4 Å². The summed E-state index contributed by atoms with van der Waals surface area (Å²) >= 11 is 0. The van der Waals surface area contributed by atoms with E-state index in [9.17, 15) is 9.18 Å². The van der Waals surface area contributed by atoms with Gasteiger partial charge in [-0.1, -0.05) is 24.3 Å². The van der Waals surface area contributed by atoms with E-state index >= 15 is 0 Å². The average Bonchev–Trinajstić information content (AvgIpc) is 2.73. The summed E-state index contributed by atoms with van der Waals surface area (Å²) in [4.78, 5) is 12.2. The van der Waals surface area contributed by atoms with Crippen molar-refractivity contribution in [1.82, 2.24) is 10.6 Å². The van der Waals surface area contributed by atoms with E-state index in [0.29, 0.717) is 18.9 Å². The van der Waals surface area contributed by atoms with E-state index < -0.39 is 0 Å². The van der Waals surface area contributed by atoms with E-state index in [-0.39, 0.29) is 17.8 Å². The molecule has 1 unspecified atom stereocenters. The number of ether oxygens (including phenoxy) is 1. The number of carbonyl (C=O) groups excluding carboxylic acids is 1. The predicted molar refractivity (Wildman–Crippen MR) is 109 cm³/mol. The molecular weight excluding hydrogens is 355 g/mol. The van der Waals surface area contributed by atoms with Crippen molar-refractivity contribution in [3.8, 4) is 5.75 Å². The zero-order chi connectivity index (χ0) is 19.8. The predicted octanol–water partition coefficient (Wildman–Crippen LogP) is 4.36. The molecule has 150 valence electrons. The quantitative estimate of drug-likeness (QED) is 0.711. The summed E-state index contributed by atoms with van der Waals surface area (Å²) in [5, 5.41) is 6.44. The number of carbonyl (C=O) groups is 1. The molecule has 1 amide bonds. The maximum Gasteiger partial charge on any atom is 0.220 e. The highest BCUT2D eigenvalue weighted by Gasteiger charge is 2.16. The summed E-state index contributed by atoms with van der Waals surface area (Å²) in [7, 11) is 0. The van der Waals surface area contributed by atoms with E-state index in [0.717, 1.165) is 36.4 Å². The second-order valence-corrected chi connectivity index (χ2v) is 7.51. The van der Waals surface area contributed by atoms with Crippen molar-refractivity contribution < 1.29 is 13.9 Å². The molecule has 0 saturated carbocycles. The van der Waals surface area contributed by atoms with E-state index in [1.807, 2.05) is 31.2 Å². The van der Waals surface area contributed by atoms with Crippen LogP contribution in [0.3, 0.4) is 0 Å². The van der Waals surface area contributed by atoms with Gasteiger partial charge in [-0.2, -0.15) is 0 Å². The number of halogens is 1. The van der Waals surface area contributed by atoms with Crippen LogP contribution in [0.2, 0.25) is 0 Å². The Morgan fingerprint density at radius 2 is 1.82 bits per heavy atom. The van der Waals surface area contributed by atoms with Crippen LogP contribution in [0.15, 0.2) is 48.5 Å². The first-order valence-corrected chi connectivity index (χ1v) is 10.1. The van der Waals surface area contributed by atoms with Crippen LogP contribution in [-0.4, -0.2) is 19.0 Å². The van der Waals surface area contributed by atoms with E-state index in [1.54, 1.807) is 12.1 Å². The number of nitrogens with one attached hydrogen (secondary N) is 2. The van der Waals surface area contributed by atoms with E-state index in [2.05, 4.69) is 10.6 Å². The van der Waals surface area contributed by atoms with Gasteiger partial charge in [0, 0.05) is 6.42 Å². The van der Waals surface area contributed by atoms with Crippen LogP contribution in [0.1, 0.15) is 49.8 Å². The summed E-state index contributed by atoms with van der Waals surface area (Å²) < 4.78 is 18.7. The Morgan fingerprint density at radius 1 is 1.14 bits per heavy atom. The lowest BCUT2D eigenvalue weighted by Crippen LogP contribution is -2.30. The third kappa shape index (κ3) is 6.34. The van der Waals surface area contributed by atoms with Gasteiger partial charge >= 0.3 is 0 Å². The number of amides is 1. The highest BCUT2D eigenvalue weighted by atomic mass is 19.1. The minimum absolute atomic E-state index is 0.0355. The molecule has 1 heterocycles. The molecule has 1 atom stereocenters. The fourth-order valence-corrected chi connectivity index (χ4v) is 3.50. The molecule has 4 nitrogen and oxygen atoms in total. The maximum absolute atomic E-state index is 12.9. The smallest absolute Gasteiger partial charge is 0.220 e. The summed E-state index contributed by atoms with van der Waals surface area (Å²) in [6.07, 6.45) is 3.90. The highest BCUT2D eigenvalue weighted by molar-refractivity contribution is 5.76. The van der Waals surface area contributed by atoms with Crippen LogP contribution in [-0.2, 0) is 11.4 Å². The molecule has 0 aliphatic carbocycles. The second kappa shape index (κ2) is 10.2. The number of benzene rings is 2. The molecule has 1 aliphatic rings. The summed E-state index contributed by atoms with van der Waals surface area (Å²) in [6, 6.07) is 14.0. The minimum Gasteiger partial charge on any atom is -0.489 e. The molecule has 1 saturated heterocycles. The lowest BCUT2D eigenvalue weighted by molar-refractivity contribution is -0.122. The first-order chi connectivity index (χ1) is 13.6. The summed E-state index contributed by atoms with van der Waals surface area (Å²) in [5.74, 6) is 1.28. The number of rotatable bonds is 8. The zero-order valence-electron chi connectivity index (χ0n) is 16.4. The van der Waals surface area contributed by atoms with Gasteiger partial charge < -0.3 is 15.4 Å². The maximum atomic E-state index is 12.9. The molecule has 0 radical (unpaired) electrons. The fraction of sp³-hybridized carbons (Fsp3) is 0.435. The van der Waals surface area contributed by atoms with E-state index in [1.165, 1.54) is 25.0 Å². The molecule has 2 aromatic rings. The van der Waals surface area contributed by atoms with Crippen molar-refractivity contribution in [3.63, 3.8) is 0 Å². The Hall–Kier alpha value is -2.40. The molecule has 1 fully saturated rings. The molecule has 2 N–H and O–H groups in total. The Morgan fingerprint density at radius 3 is 2.50 bits per heavy atom. The molecule has 3 rings (SSSR count). The first kappa shape index (κ1) is 20.3. The van der Waals surface area contributed by atoms with E-state index in [4.69, 9.17) is 4.74 Å². The van der Waals surface area contributed by atoms with Crippen LogP contribution in [0.25, 0.3) is 0 Å². The summed E-state index contributed by atoms with van der Waals surface area (Å²) in [5.41, 5.74) is 1.96. The number of hydrogen-bond acceptors (Lipinski definition) is 3. The van der Waals surface area contributed by atoms with Crippen molar-refractivity contribution in [3.05, 3.63) is 65.5 Å². The van der Waals surface area contributed by atoms with Crippen LogP contribution in [0, 0.1) is 11.7 Å². The van der Waals surface area contributed by atoms with Crippen molar-refractivity contribution in [2.75, 3.05) is 13.1 Å². The van der Waals surface area contributed by atoms with Gasteiger partial charge in [-0.05, 0) is 80.6 Å². The van der Waals surface area contributed by atoms with Gasteiger partial charge in [-0.25, -0.2) is 4.39 Å². The van der Waals surface area contributed by atoms with Crippen molar-refractivity contribution in [2.24, 2.45) is 5.92 Å². The second-order valence-electron chi connectivity index (χ2n) is 7.51. The largest absolute Gasteiger partial charge is 0.489 e. The number of hydrogen-bond donors (Lipinski definition) is 2. The normalized spacial score (nSPS) is 15.8. The highest BCUT2D eigenvalue weighted by Crippen LogP contribution is 2.20. The molecule has 1 aliphatic heterocycles. The molecule has 5 heteroatoms. The monoisotopic (exact) mass is 384 g/mol. The topological polar surface area (TPSA) is 50.4 Å². The average molecular weight is 384 g/mol. The van der Waals surface area contributed by atoms with Crippen LogP contribution in [0.5, 0.6) is 5.75 Å².